The molecule has 1 amide bonds. The predicted octanol–water partition coefficient (Wildman–Crippen LogP) is 2.69. The van der Waals surface area contributed by atoms with Gasteiger partial charge in [-0.05, 0) is 41.5 Å². The summed E-state index contributed by atoms with van der Waals surface area (Å²) >= 11 is 0. The minimum atomic E-state index is -0.279. The number of hydrogen-bond acceptors (Lipinski definition) is 2. The molecule has 0 saturated heterocycles. The third-order valence-electron chi connectivity index (χ3n) is 3.32. The van der Waals surface area contributed by atoms with Crippen molar-refractivity contribution in [1.29, 1.82) is 0 Å². The van der Waals surface area contributed by atoms with Crippen LogP contribution in [0.2, 0.25) is 0 Å². The molecule has 1 heterocycles. The maximum atomic E-state index is 12.8. The summed E-state index contributed by atoms with van der Waals surface area (Å²) in [5.74, 6) is 0.447. The molecule has 0 aliphatic carbocycles. The van der Waals surface area contributed by atoms with Gasteiger partial charge in [-0.3, -0.25) is 4.79 Å². The van der Waals surface area contributed by atoms with Crippen LogP contribution in [-0.4, -0.2) is 12.5 Å². The Kier molecular flexibility index (Phi) is 3.37. The normalized spacial score (nSPS) is 12.7. The smallest absolute Gasteiger partial charge is 0.251 e. The fraction of sp³-hybridized carbons (Fsp3) is 0.188. The van der Waals surface area contributed by atoms with Crippen LogP contribution in [0.4, 0.5) is 4.39 Å². The fourth-order valence-corrected chi connectivity index (χ4v) is 2.21. The van der Waals surface area contributed by atoms with E-state index in [2.05, 4.69) is 5.32 Å². The minimum absolute atomic E-state index is 0.135. The Labute approximate surface area is 116 Å². The van der Waals surface area contributed by atoms with Crippen molar-refractivity contribution in [2.75, 3.05) is 6.61 Å². The number of fused-ring (bicyclic) bond motifs is 1. The van der Waals surface area contributed by atoms with Gasteiger partial charge >= 0.3 is 0 Å². The van der Waals surface area contributed by atoms with Gasteiger partial charge in [-0.1, -0.05) is 12.1 Å². The van der Waals surface area contributed by atoms with Gasteiger partial charge in [0.25, 0.3) is 5.91 Å². The summed E-state index contributed by atoms with van der Waals surface area (Å²) in [7, 11) is 0. The molecule has 1 N–H and O–H groups in total. The average molecular weight is 271 g/mol. The molecule has 102 valence electrons. The molecule has 0 aromatic heterocycles. The Morgan fingerprint density at radius 1 is 1.20 bits per heavy atom. The Bertz CT molecular complexity index is 637. The highest BCUT2D eigenvalue weighted by Crippen LogP contribution is 2.25. The van der Waals surface area contributed by atoms with Crippen LogP contribution in [0, 0.1) is 5.82 Å². The van der Waals surface area contributed by atoms with E-state index in [9.17, 15) is 9.18 Å². The molecule has 0 bridgehead atoms. The molecule has 2 aromatic rings. The molecule has 1 aliphatic rings. The number of halogens is 1. The van der Waals surface area contributed by atoms with Crippen LogP contribution < -0.4 is 10.1 Å². The Hall–Kier alpha value is -2.36. The van der Waals surface area contributed by atoms with Crippen LogP contribution in [0.5, 0.6) is 5.75 Å². The van der Waals surface area contributed by atoms with E-state index in [1.807, 2.05) is 12.1 Å². The number of carbonyl (C=O) groups is 1. The van der Waals surface area contributed by atoms with Gasteiger partial charge in [0.05, 0.1) is 6.61 Å². The lowest BCUT2D eigenvalue weighted by Gasteiger charge is -2.07. The number of benzene rings is 2. The molecule has 20 heavy (non-hydrogen) atoms. The van der Waals surface area contributed by atoms with E-state index in [-0.39, 0.29) is 11.7 Å². The first-order valence-corrected chi connectivity index (χ1v) is 6.51. The molecule has 0 spiro atoms. The van der Waals surface area contributed by atoms with E-state index < -0.39 is 0 Å². The molecule has 2 aromatic carbocycles. The molecule has 3 rings (SSSR count). The van der Waals surface area contributed by atoms with Crippen LogP contribution in [0.25, 0.3) is 0 Å². The van der Waals surface area contributed by atoms with Crippen molar-refractivity contribution in [3.8, 4) is 5.75 Å². The molecule has 0 atom stereocenters. The second kappa shape index (κ2) is 5.33. The summed E-state index contributed by atoms with van der Waals surface area (Å²) in [5, 5.41) is 2.82. The second-order valence-electron chi connectivity index (χ2n) is 4.73. The summed E-state index contributed by atoms with van der Waals surface area (Å²) in [6, 6.07) is 11.5. The van der Waals surface area contributed by atoms with E-state index in [0.717, 1.165) is 23.3 Å². The van der Waals surface area contributed by atoms with Gasteiger partial charge < -0.3 is 10.1 Å². The molecule has 0 radical (unpaired) electrons. The summed E-state index contributed by atoms with van der Waals surface area (Å²) in [4.78, 5) is 12.1. The van der Waals surface area contributed by atoms with Gasteiger partial charge in [-0.15, -0.1) is 0 Å². The molecular formula is C16H14FNO2. The lowest BCUT2D eigenvalue weighted by atomic mass is 10.1. The van der Waals surface area contributed by atoms with Crippen LogP contribution in [-0.2, 0) is 13.0 Å². The summed E-state index contributed by atoms with van der Waals surface area (Å²) in [6.07, 6.45) is 0.842. The standard InChI is InChI=1S/C16H14FNO2/c17-14-4-1-11(2-5-14)10-18-16(19)13-3-6-15-12(9-13)7-8-20-15/h1-6,9H,7-8,10H2,(H,18,19). The Morgan fingerprint density at radius 3 is 2.80 bits per heavy atom. The fourth-order valence-electron chi connectivity index (χ4n) is 2.21. The zero-order valence-corrected chi connectivity index (χ0v) is 10.9. The Balaban J connectivity index is 1.66. The molecule has 1 aliphatic heterocycles. The van der Waals surface area contributed by atoms with Gasteiger partial charge in [-0.25, -0.2) is 4.39 Å². The van der Waals surface area contributed by atoms with Crippen molar-refractivity contribution in [2.45, 2.75) is 13.0 Å². The average Bonchev–Trinajstić information content (AvgIpc) is 2.93. The zero-order valence-electron chi connectivity index (χ0n) is 10.9. The highest BCUT2D eigenvalue weighted by Gasteiger charge is 2.14. The summed E-state index contributed by atoms with van der Waals surface area (Å²) < 4.78 is 18.2. The molecule has 0 unspecified atom stereocenters. The van der Waals surface area contributed by atoms with Crippen LogP contribution >= 0.6 is 0 Å². The van der Waals surface area contributed by atoms with Gasteiger partial charge in [0, 0.05) is 18.5 Å². The van der Waals surface area contributed by atoms with Crippen molar-refractivity contribution in [3.63, 3.8) is 0 Å². The topological polar surface area (TPSA) is 38.3 Å². The van der Waals surface area contributed by atoms with Gasteiger partial charge in [-0.2, -0.15) is 0 Å². The van der Waals surface area contributed by atoms with Crippen molar-refractivity contribution in [2.24, 2.45) is 0 Å². The van der Waals surface area contributed by atoms with Gasteiger partial charge in [0.1, 0.15) is 11.6 Å². The minimum Gasteiger partial charge on any atom is -0.493 e. The van der Waals surface area contributed by atoms with Gasteiger partial charge in [0.15, 0.2) is 0 Å². The van der Waals surface area contributed by atoms with Crippen molar-refractivity contribution in [1.82, 2.24) is 5.32 Å². The number of rotatable bonds is 3. The second-order valence-corrected chi connectivity index (χ2v) is 4.73. The molecule has 0 saturated carbocycles. The van der Waals surface area contributed by atoms with Crippen molar-refractivity contribution >= 4 is 5.91 Å². The maximum Gasteiger partial charge on any atom is 0.251 e. The Morgan fingerprint density at radius 2 is 2.00 bits per heavy atom. The number of amides is 1. The van der Waals surface area contributed by atoms with Gasteiger partial charge in [0.2, 0.25) is 0 Å². The van der Waals surface area contributed by atoms with E-state index >= 15 is 0 Å². The molecular weight excluding hydrogens is 257 g/mol. The monoisotopic (exact) mass is 271 g/mol. The number of ether oxygens (including phenoxy) is 1. The first-order chi connectivity index (χ1) is 9.72. The quantitative estimate of drug-likeness (QED) is 0.932. The molecule has 3 nitrogen and oxygen atoms in total. The van der Waals surface area contributed by atoms with E-state index in [1.54, 1.807) is 18.2 Å². The van der Waals surface area contributed by atoms with E-state index in [4.69, 9.17) is 4.74 Å². The first kappa shape index (κ1) is 12.7. The van der Waals surface area contributed by atoms with Crippen LogP contribution in [0.3, 0.4) is 0 Å². The SMILES string of the molecule is O=C(NCc1ccc(F)cc1)c1ccc2c(c1)CCO2. The van der Waals surface area contributed by atoms with Crippen LogP contribution in [0.15, 0.2) is 42.5 Å². The van der Waals surface area contributed by atoms with Crippen molar-refractivity contribution in [3.05, 3.63) is 65.0 Å². The first-order valence-electron chi connectivity index (χ1n) is 6.51. The number of carbonyl (C=O) groups excluding carboxylic acids is 1. The number of hydrogen-bond donors (Lipinski definition) is 1. The maximum absolute atomic E-state index is 12.8. The third-order valence-corrected chi connectivity index (χ3v) is 3.32. The van der Waals surface area contributed by atoms with Crippen molar-refractivity contribution < 1.29 is 13.9 Å². The molecule has 0 fully saturated rings. The lowest BCUT2D eigenvalue weighted by molar-refractivity contribution is 0.0951. The number of nitrogens with one attached hydrogen (secondary N) is 1. The summed E-state index contributed by atoms with van der Waals surface area (Å²) in [6.45, 7) is 1.06. The predicted molar refractivity (Wildman–Crippen MR) is 73.2 cm³/mol. The van der Waals surface area contributed by atoms with E-state index in [1.165, 1.54) is 12.1 Å². The van der Waals surface area contributed by atoms with Crippen LogP contribution in [0.1, 0.15) is 21.5 Å². The summed E-state index contributed by atoms with van der Waals surface area (Å²) in [5.41, 5.74) is 2.56. The molecule has 4 heteroatoms. The zero-order chi connectivity index (χ0) is 13.9. The largest absolute Gasteiger partial charge is 0.493 e. The van der Waals surface area contributed by atoms with E-state index in [0.29, 0.717) is 18.7 Å². The highest BCUT2D eigenvalue weighted by atomic mass is 19.1. The third kappa shape index (κ3) is 2.64. The highest BCUT2D eigenvalue weighted by molar-refractivity contribution is 5.94. The lowest BCUT2D eigenvalue weighted by Crippen LogP contribution is -2.22.